The summed E-state index contributed by atoms with van der Waals surface area (Å²) in [7, 11) is 0. The van der Waals surface area contributed by atoms with E-state index in [1.165, 1.54) is 35.9 Å². The Bertz CT molecular complexity index is 2230. The summed E-state index contributed by atoms with van der Waals surface area (Å²) >= 11 is 5.06. The number of hydrogen-bond donors (Lipinski definition) is 4. The van der Waals surface area contributed by atoms with E-state index in [9.17, 15) is 33.3 Å². The second-order valence-electron chi connectivity index (χ2n) is 10.7. The number of allylic oxidation sites excluding steroid dienone is 1. The Morgan fingerprint density at radius 1 is 1.02 bits per heavy atom. The van der Waals surface area contributed by atoms with Crippen LogP contribution in [0, 0.1) is 18.6 Å². The molecule has 0 amide bonds. The topological polar surface area (TPSA) is 156 Å². The van der Waals surface area contributed by atoms with E-state index in [0.717, 1.165) is 12.1 Å². The highest BCUT2D eigenvalue weighted by molar-refractivity contribution is 7.71. The lowest BCUT2D eigenvalue weighted by Gasteiger charge is -2.27. The van der Waals surface area contributed by atoms with Crippen LogP contribution in [0.25, 0.3) is 34.1 Å². The van der Waals surface area contributed by atoms with Gasteiger partial charge in [-0.15, -0.1) is 13.2 Å². The number of phenols is 2. The fraction of sp³-hybridized carbons (Fsp3) is 0.167. The molecule has 7 rings (SSSR count). The third-order valence-electron chi connectivity index (χ3n) is 8.03. The van der Waals surface area contributed by atoms with Crippen LogP contribution in [0.15, 0.2) is 42.2 Å². The van der Waals surface area contributed by atoms with E-state index in [0.29, 0.717) is 17.1 Å². The number of carbonyl (C=O) groups is 1. The quantitative estimate of drug-likeness (QED) is 0.172. The molecular weight excluding hydrogens is 615 g/mol. The zero-order chi connectivity index (χ0) is 32.2. The van der Waals surface area contributed by atoms with Crippen LogP contribution in [0.5, 0.6) is 28.9 Å². The molecule has 15 heteroatoms. The van der Waals surface area contributed by atoms with Crippen LogP contribution in [0.4, 0.5) is 13.2 Å². The fourth-order valence-electron chi connectivity index (χ4n) is 5.84. The second-order valence-corrected chi connectivity index (χ2v) is 11.1. The van der Waals surface area contributed by atoms with Crippen molar-refractivity contribution in [2.75, 3.05) is 0 Å². The number of alkyl halides is 3. The number of ketones is 1. The van der Waals surface area contributed by atoms with Gasteiger partial charge in [-0.2, -0.15) is 10.1 Å². The Morgan fingerprint density at radius 2 is 1.73 bits per heavy atom. The zero-order valence-corrected chi connectivity index (χ0v) is 24.3. The number of aromatic nitrogens is 5. The van der Waals surface area contributed by atoms with Gasteiger partial charge in [0, 0.05) is 11.6 Å². The number of nitrogens with zero attached hydrogens (tertiary/aromatic N) is 4. The molecule has 4 N–H and O–H groups in total. The Kier molecular flexibility index (Phi) is 5.84. The standard InChI is InChI=1S/C30H20F3N5O6S/c1-11-22(39)20(16-9-8-15-26(34-16)35-28(45)36-27(15)42)24-21(23(11)40)29(3)18(43-24)10-17-19(25(29)41)12(2)37-38(17)13-4-6-14(7-5-13)44-30(31,32)33/h4-10,39-40H,1-3H3,(H2,34,35,36,42,45)/t29-/m0/s1. The maximum atomic E-state index is 14.3. The van der Waals surface area contributed by atoms with E-state index in [1.54, 1.807) is 19.9 Å². The number of pyridine rings is 1. The highest BCUT2D eigenvalue weighted by Gasteiger charge is 2.55. The van der Waals surface area contributed by atoms with Crippen LogP contribution in [-0.4, -0.2) is 52.2 Å². The number of hydrogen-bond acceptors (Lipinski definition) is 10. The van der Waals surface area contributed by atoms with Crippen molar-refractivity contribution >= 4 is 35.1 Å². The molecule has 5 aromatic rings. The smallest absolute Gasteiger partial charge is 0.507 e. The Morgan fingerprint density at radius 3 is 2.42 bits per heavy atom. The minimum atomic E-state index is -4.86. The van der Waals surface area contributed by atoms with Crippen LogP contribution in [0.3, 0.4) is 0 Å². The van der Waals surface area contributed by atoms with Crippen molar-refractivity contribution in [2.45, 2.75) is 32.5 Å². The van der Waals surface area contributed by atoms with Gasteiger partial charge in [0.2, 0.25) is 10.7 Å². The van der Waals surface area contributed by atoms with E-state index in [1.807, 2.05) is 0 Å². The Labute approximate surface area is 255 Å². The first-order valence-corrected chi connectivity index (χ1v) is 13.7. The molecule has 228 valence electrons. The largest absolute Gasteiger partial charge is 0.573 e. The van der Waals surface area contributed by atoms with Crippen molar-refractivity contribution in [3.63, 3.8) is 0 Å². The highest BCUT2D eigenvalue weighted by Crippen LogP contribution is 2.60. The number of aromatic hydroxyl groups is 3. The van der Waals surface area contributed by atoms with Crippen molar-refractivity contribution < 1.29 is 42.8 Å². The average Bonchev–Trinajstić information content (AvgIpc) is 3.45. The van der Waals surface area contributed by atoms with E-state index < -0.39 is 23.3 Å². The summed E-state index contributed by atoms with van der Waals surface area (Å²) in [5, 5.41) is 37.5. The molecule has 0 saturated heterocycles. The van der Waals surface area contributed by atoms with Gasteiger partial charge in [-0.3, -0.25) is 4.79 Å². The predicted octanol–water partition coefficient (Wildman–Crippen LogP) is 6.06. The van der Waals surface area contributed by atoms with Crippen LogP contribution in [0.1, 0.15) is 39.8 Å². The van der Waals surface area contributed by atoms with Crippen molar-refractivity contribution in [1.29, 1.82) is 0 Å². The summed E-state index contributed by atoms with van der Waals surface area (Å²) in [5.41, 5.74) is 0.324. The molecule has 1 aliphatic carbocycles. The molecule has 0 bridgehead atoms. The first-order valence-electron chi connectivity index (χ1n) is 13.3. The molecule has 0 spiro atoms. The highest BCUT2D eigenvalue weighted by atomic mass is 32.1. The maximum absolute atomic E-state index is 14.3. The van der Waals surface area contributed by atoms with Crippen LogP contribution in [-0.2, 0) is 5.41 Å². The van der Waals surface area contributed by atoms with Gasteiger partial charge in [0.25, 0.3) is 0 Å². The van der Waals surface area contributed by atoms with Crippen molar-refractivity contribution in [2.24, 2.45) is 0 Å². The van der Waals surface area contributed by atoms with Crippen molar-refractivity contribution in [3.05, 3.63) is 75.0 Å². The minimum Gasteiger partial charge on any atom is -0.507 e. The summed E-state index contributed by atoms with van der Waals surface area (Å²) in [5.74, 6) is -1.78. The van der Waals surface area contributed by atoms with Crippen molar-refractivity contribution in [1.82, 2.24) is 24.7 Å². The number of benzene rings is 2. The van der Waals surface area contributed by atoms with E-state index in [-0.39, 0.29) is 72.6 Å². The lowest BCUT2D eigenvalue weighted by Crippen LogP contribution is -2.36. The third kappa shape index (κ3) is 4.07. The first kappa shape index (κ1) is 28.3. The number of rotatable bonds is 3. The van der Waals surface area contributed by atoms with E-state index >= 15 is 0 Å². The number of H-pyrrole nitrogens is 1. The summed E-state index contributed by atoms with van der Waals surface area (Å²) < 4.78 is 49.6. The van der Waals surface area contributed by atoms with Gasteiger partial charge in [-0.25, -0.2) is 9.67 Å². The third-order valence-corrected chi connectivity index (χ3v) is 8.22. The molecule has 3 aromatic heterocycles. The maximum Gasteiger partial charge on any atom is 0.573 e. The van der Waals surface area contributed by atoms with Gasteiger partial charge >= 0.3 is 6.36 Å². The Balaban J connectivity index is 1.40. The number of ether oxygens (including phenoxy) is 2. The molecule has 1 atom stereocenters. The molecule has 45 heavy (non-hydrogen) atoms. The summed E-state index contributed by atoms with van der Waals surface area (Å²) in [4.78, 5) is 25.5. The second kappa shape index (κ2) is 9.28. The van der Waals surface area contributed by atoms with Crippen LogP contribution in [0.2, 0.25) is 0 Å². The van der Waals surface area contributed by atoms with E-state index in [4.69, 9.17) is 17.0 Å². The number of Topliss-reactive ketones (excluding diaryl/α,β-unsaturated/α-hetero) is 1. The number of nitrogens with one attached hydrogen (secondary N) is 1. The van der Waals surface area contributed by atoms with Crippen LogP contribution >= 0.6 is 12.2 Å². The lowest BCUT2D eigenvalue weighted by atomic mass is 9.71. The van der Waals surface area contributed by atoms with Gasteiger partial charge in [0.15, 0.2) is 5.78 Å². The fourth-order valence-corrected chi connectivity index (χ4v) is 6.03. The van der Waals surface area contributed by atoms with Crippen molar-refractivity contribution in [3.8, 4) is 45.8 Å². The number of fused-ring (bicyclic) bond motifs is 5. The average molecular weight is 636 g/mol. The SMILES string of the molecule is Cc1nn(-c2ccc(OC(F)(F)F)cc2)c2c1C(=O)[C@@]1(C)C(=C2)Oc2c(-c3ccc4c(O)nc(=S)[nH]c4n3)c(O)c(C)c(O)c21. The molecule has 2 aromatic carbocycles. The molecule has 0 saturated carbocycles. The number of halogens is 3. The minimum absolute atomic E-state index is 0.00241. The zero-order valence-electron chi connectivity index (χ0n) is 23.4. The molecule has 1 aliphatic heterocycles. The normalized spacial score (nSPS) is 17.0. The molecular formula is C30H20F3N5O6S. The summed E-state index contributed by atoms with van der Waals surface area (Å²) in [6.45, 7) is 4.69. The number of phenolic OH excluding ortho intramolecular Hbond substituents is 2. The van der Waals surface area contributed by atoms with E-state index in [2.05, 4.69) is 24.8 Å². The van der Waals surface area contributed by atoms with Crippen LogP contribution < -0.4 is 9.47 Å². The number of carbonyl (C=O) groups excluding carboxylic acids is 1. The molecule has 11 nitrogen and oxygen atoms in total. The molecule has 2 aliphatic rings. The first-order chi connectivity index (χ1) is 21.2. The lowest BCUT2D eigenvalue weighted by molar-refractivity contribution is -0.274. The van der Waals surface area contributed by atoms with Gasteiger partial charge < -0.3 is 29.8 Å². The van der Waals surface area contributed by atoms with Gasteiger partial charge in [-0.05, 0) is 69.4 Å². The summed E-state index contributed by atoms with van der Waals surface area (Å²) in [6, 6.07) is 8.02. The van der Waals surface area contributed by atoms with Gasteiger partial charge in [-0.1, -0.05) is 0 Å². The Hall–Kier alpha value is -5.44. The monoisotopic (exact) mass is 635 g/mol. The number of aryl methyl sites for hydroxylation is 1. The number of aromatic amines is 1. The molecule has 0 radical (unpaired) electrons. The molecule has 0 unspecified atom stereocenters. The predicted molar refractivity (Wildman–Crippen MR) is 155 cm³/mol. The summed E-state index contributed by atoms with van der Waals surface area (Å²) in [6.07, 6.45) is -3.29. The van der Waals surface area contributed by atoms with Gasteiger partial charge in [0.1, 0.15) is 39.8 Å². The molecule has 4 heterocycles. The molecule has 0 fully saturated rings. The van der Waals surface area contributed by atoms with Gasteiger partial charge in [0.05, 0.1) is 44.8 Å².